The molecule has 2 aromatic carbocycles. The van der Waals surface area contributed by atoms with Gasteiger partial charge < -0.3 is 5.32 Å². The first-order chi connectivity index (χ1) is 13.1. The number of aromatic nitrogens is 1. The van der Waals surface area contributed by atoms with E-state index in [1.807, 2.05) is 54.8 Å². The molecule has 1 N–H and O–H groups in total. The van der Waals surface area contributed by atoms with Crippen molar-refractivity contribution in [2.45, 2.75) is 25.0 Å². The molecule has 2 amide bonds. The predicted octanol–water partition coefficient (Wildman–Crippen LogP) is 4.22. The molecule has 136 valence electrons. The van der Waals surface area contributed by atoms with Gasteiger partial charge in [0, 0.05) is 29.6 Å². The van der Waals surface area contributed by atoms with E-state index in [9.17, 15) is 9.59 Å². The minimum atomic E-state index is -0.457. The zero-order valence-corrected chi connectivity index (χ0v) is 16.3. The quantitative estimate of drug-likeness (QED) is 0.702. The second kappa shape index (κ2) is 7.62. The monoisotopic (exact) mass is 395 g/mol. The van der Waals surface area contributed by atoms with Gasteiger partial charge in [0.1, 0.15) is 5.25 Å². The molecule has 0 saturated carbocycles. The van der Waals surface area contributed by atoms with Crippen molar-refractivity contribution in [2.75, 3.05) is 5.32 Å². The minimum Gasteiger partial charge on any atom is -0.326 e. The predicted molar refractivity (Wildman–Crippen MR) is 112 cm³/mol. The average Bonchev–Trinajstić information content (AvgIpc) is 3.20. The molecule has 0 spiro atoms. The van der Waals surface area contributed by atoms with Crippen LogP contribution in [0.2, 0.25) is 0 Å². The summed E-state index contributed by atoms with van der Waals surface area (Å²) in [7, 11) is 0. The average molecular weight is 396 g/mol. The van der Waals surface area contributed by atoms with Gasteiger partial charge in [0.25, 0.3) is 5.91 Å². The van der Waals surface area contributed by atoms with Gasteiger partial charge in [0.15, 0.2) is 0 Å². The van der Waals surface area contributed by atoms with E-state index in [4.69, 9.17) is 0 Å². The molecule has 4 rings (SSSR count). The number of thioether (sulfide) groups is 1. The lowest BCUT2D eigenvalue weighted by atomic mass is 10.1. The normalized spacial score (nSPS) is 16.6. The molecular weight excluding hydrogens is 378 g/mol. The number of amides is 2. The molecule has 0 saturated heterocycles. The first-order valence-electron chi connectivity index (χ1n) is 8.54. The molecule has 0 unspecified atom stereocenters. The number of aliphatic imine (C=N–C) groups is 1. The van der Waals surface area contributed by atoms with Crippen molar-refractivity contribution < 1.29 is 9.59 Å². The smallest absolute Gasteiger partial charge is 0.260 e. The molecule has 7 heteroatoms. The van der Waals surface area contributed by atoms with Gasteiger partial charge in [-0.2, -0.15) is 0 Å². The molecule has 1 aromatic heterocycles. The molecule has 0 aliphatic carbocycles. The van der Waals surface area contributed by atoms with Crippen LogP contribution in [0.1, 0.15) is 17.1 Å². The number of hydrogen-bond donors (Lipinski definition) is 1. The number of fused-ring (bicyclic) bond motifs is 1. The van der Waals surface area contributed by atoms with Crippen molar-refractivity contribution in [1.29, 1.82) is 0 Å². The van der Waals surface area contributed by atoms with Gasteiger partial charge in [-0.05, 0) is 29.8 Å². The fourth-order valence-corrected chi connectivity index (χ4v) is 4.85. The number of thiazole rings is 1. The standard InChI is InChI=1S/C20H17N3O2S2/c1-12-11-26-18(21-12)10-19-23-20(25)16(27-19)9-17(24)22-15-7-6-13-4-2-3-5-14(13)8-15/h2-8,11,16H,9-10H2,1H3,(H,22,24)/t16-/m0/s1. The molecule has 5 nitrogen and oxygen atoms in total. The number of carbonyl (C=O) groups is 2. The van der Waals surface area contributed by atoms with E-state index >= 15 is 0 Å². The van der Waals surface area contributed by atoms with Gasteiger partial charge in [-0.1, -0.05) is 42.1 Å². The van der Waals surface area contributed by atoms with Gasteiger partial charge in [-0.3, -0.25) is 9.59 Å². The topological polar surface area (TPSA) is 71.4 Å². The van der Waals surface area contributed by atoms with Crippen molar-refractivity contribution >= 4 is 56.4 Å². The van der Waals surface area contributed by atoms with E-state index < -0.39 is 5.25 Å². The van der Waals surface area contributed by atoms with Gasteiger partial charge >= 0.3 is 0 Å². The van der Waals surface area contributed by atoms with Crippen molar-refractivity contribution in [3.63, 3.8) is 0 Å². The third-order valence-corrected chi connectivity index (χ3v) is 6.29. The van der Waals surface area contributed by atoms with Gasteiger partial charge in [-0.15, -0.1) is 11.3 Å². The van der Waals surface area contributed by atoms with E-state index in [1.165, 1.54) is 11.8 Å². The van der Waals surface area contributed by atoms with Crippen LogP contribution in [0.15, 0.2) is 52.8 Å². The molecule has 0 radical (unpaired) electrons. The van der Waals surface area contributed by atoms with Gasteiger partial charge in [-0.25, -0.2) is 9.98 Å². The van der Waals surface area contributed by atoms with Crippen LogP contribution in [0, 0.1) is 6.92 Å². The summed E-state index contributed by atoms with van der Waals surface area (Å²) in [6.45, 7) is 1.94. The van der Waals surface area contributed by atoms with E-state index in [0.29, 0.717) is 6.42 Å². The fourth-order valence-electron chi connectivity index (χ4n) is 2.91. The van der Waals surface area contributed by atoms with Crippen LogP contribution in [-0.2, 0) is 16.0 Å². The summed E-state index contributed by atoms with van der Waals surface area (Å²) in [5.74, 6) is -0.422. The minimum absolute atomic E-state index is 0.111. The van der Waals surface area contributed by atoms with E-state index in [-0.39, 0.29) is 18.2 Å². The summed E-state index contributed by atoms with van der Waals surface area (Å²) >= 11 is 2.93. The lowest BCUT2D eigenvalue weighted by Gasteiger charge is -2.09. The maximum absolute atomic E-state index is 12.4. The van der Waals surface area contributed by atoms with Gasteiger partial charge in [0.05, 0.1) is 10.1 Å². The van der Waals surface area contributed by atoms with Crippen LogP contribution < -0.4 is 5.32 Å². The lowest BCUT2D eigenvalue weighted by molar-refractivity contribution is -0.121. The Morgan fingerprint density at radius 2 is 2.00 bits per heavy atom. The lowest BCUT2D eigenvalue weighted by Crippen LogP contribution is -2.21. The third kappa shape index (κ3) is 4.26. The Morgan fingerprint density at radius 3 is 2.78 bits per heavy atom. The third-order valence-electron chi connectivity index (χ3n) is 4.16. The molecule has 3 aromatic rings. The van der Waals surface area contributed by atoms with Crippen LogP contribution in [0.3, 0.4) is 0 Å². The highest BCUT2D eigenvalue weighted by Gasteiger charge is 2.30. The second-order valence-electron chi connectivity index (χ2n) is 6.32. The Balaban J connectivity index is 1.36. The molecule has 0 fully saturated rings. The number of nitrogens with zero attached hydrogens (tertiary/aromatic N) is 2. The number of aryl methyl sites for hydroxylation is 1. The van der Waals surface area contributed by atoms with Crippen LogP contribution in [0.25, 0.3) is 10.8 Å². The fraction of sp³-hybridized carbons (Fsp3) is 0.200. The summed E-state index contributed by atoms with van der Waals surface area (Å²) in [5.41, 5.74) is 1.70. The summed E-state index contributed by atoms with van der Waals surface area (Å²) in [5, 5.41) is 8.26. The molecule has 0 bridgehead atoms. The second-order valence-corrected chi connectivity index (χ2v) is 8.54. The number of carbonyl (C=O) groups excluding carboxylic acids is 2. The Hall–Kier alpha value is -2.51. The van der Waals surface area contributed by atoms with Crippen LogP contribution in [0.5, 0.6) is 0 Å². The Morgan fingerprint density at radius 1 is 1.19 bits per heavy atom. The number of benzene rings is 2. The first kappa shape index (κ1) is 17.9. The number of anilines is 1. The number of nitrogens with one attached hydrogen (secondary N) is 1. The maximum Gasteiger partial charge on any atom is 0.260 e. The molecule has 1 aliphatic heterocycles. The Bertz CT molecular complexity index is 1060. The molecule has 2 heterocycles. The summed E-state index contributed by atoms with van der Waals surface area (Å²) < 4.78 is 0. The van der Waals surface area contributed by atoms with Crippen molar-refractivity contribution in [3.05, 3.63) is 58.5 Å². The summed E-state index contributed by atoms with van der Waals surface area (Å²) in [6.07, 6.45) is 0.665. The largest absolute Gasteiger partial charge is 0.326 e. The zero-order valence-electron chi connectivity index (χ0n) is 14.6. The van der Waals surface area contributed by atoms with Gasteiger partial charge in [0.2, 0.25) is 5.91 Å². The molecule has 1 aliphatic rings. The molecule has 27 heavy (non-hydrogen) atoms. The Labute approximate surface area is 164 Å². The summed E-state index contributed by atoms with van der Waals surface area (Å²) in [4.78, 5) is 33.0. The maximum atomic E-state index is 12.4. The van der Waals surface area contributed by atoms with Crippen LogP contribution in [0.4, 0.5) is 5.69 Å². The highest BCUT2D eigenvalue weighted by molar-refractivity contribution is 8.15. The molecule has 1 atom stereocenters. The SMILES string of the molecule is Cc1csc(CC2=NC(=O)[C@H](CC(=O)Nc3ccc4ccccc4c3)S2)n1. The van der Waals surface area contributed by atoms with Crippen molar-refractivity contribution in [2.24, 2.45) is 4.99 Å². The van der Waals surface area contributed by atoms with E-state index in [1.54, 1.807) is 11.3 Å². The highest BCUT2D eigenvalue weighted by atomic mass is 32.2. The van der Waals surface area contributed by atoms with Crippen molar-refractivity contribution in [3.8, 4) is 0 Å². The van der Waals surface area contributed by atoms with Crippen molar-refractivity contribution in [1.82, 2.24) is 4.98 Å². The zero-order chi connectivity index (χ0) is 18.8. The Kier molecular flexibility index (Phi) is 5.05. The summed E-state index contributed by atoms with van der Waals surface area (Å²) in [6, 6.07) is 13.7. The van der Waals surface area contributed by atoms with Crippen LogP contribution >= 0.6 is 23.1 Å². The number of hydrogen-bond acceptors (Lipinski definition) is 5. The number of rotatable bonds is 5. The van der Waals surface area contributed by atoms with Crippen LogP contribution in [-0.4, -0.2) is 27.1 Å². The first-order valence-corrected chi connectivity index (χ1v) is 10.3. The molecular formula is C20H17N3O2S2. The van der Waals surface area contributed by atoms with E-state index in [2.05, 4.69) is 15.3 Å². The highest BCUT2D eigenvalue weighted by Crippen LogP contribution is 2.28. The van der Waals surface area contributed by atoms with E-state index in [0.717, 1.165) is 32.2 Å².